The molecule has 0 unspecified atom stereocenters. The minimum Gasteiger partial charge on any atom is -0.346 e. The zero-order valence-electron chi connectivity index (χ0n) is 7.75. The third-order valence-corrected chi connectivity index (χ3v) is 2.99. The van der Waals surface area contributed by atoms with Crippen molar-refractivity contribution in [1.29, 1.82) is 0 Å². The highest BCUT2D eigenvalue weighted by Crippen LogP contribution is 2.49. The molecule has 2 heterocycles. The Bertz CT molecular complexity index is 526. The summed E-state index contributed by atoms with van der Waals surface area (Å²) in [6, 6.07) is 4.03. The number of rotatable bonds is 1. The zero-order chi connectivity index (χ0) is 9.60. The van der Waals surface area contributed by atoms with Gasteiger partial charge in [-0.2, -0.15) is 0 Å². The summed E-state index contributed by atoms with van der Waals surface area (Å²) in [5.74, 6) is 2.90. The summed E-state index contributed by atoms with van der Waals surface area (Å²) in [5.41, 5.74) is 2.17. The number of hydrogen-bond acceptors (Lipinski definition) is 1. The minimum absolute atomic E-state index is 0.00127. The van der Waals surface area contributed by atoms with E-state index in [4.69, 9.17) is 6.42 Å². The number of aromatic nitrogens is 2. The molecule has 0 bridgehead atoms. The molecule has 1 saturated carbocycles. The van der Waals surface area contributed by atoms with E-state index >= 15 is 0 Å². The Labute approximate surface area is 82.4 Å². The zero-order valence-corrected chi connectivity index (χ0v) is 7.75. The van der Waals surface area contributed by atoms with Crippen molar-refractivity contribution in [3.8, 4) is 12.3 Å². The number of nitrogens with one attached hydrogen (secondary N) is 1. The Balaban J connectivity index is 2.29. The topological polar surface area (TPSA) is 28.7 Å². The number of aromatic amines is 1. The van der Waals surface area contributed by atoms with Crippen LogP contribution in [0.3, 0.4) is 0 Å². The van der Waals surface area contributed by atoms with Gasteiger partial charge in [-0.1, -0.05) is 5.92 Å². The molecule has 68 valence electrons. The highest BCUT2D eigenvalue weighted by atomic mass is 14.8. The maximum absolute atomic E-state index is 5.57. The molecule has 2 nitrogen and oxygen atoms in total. The fourth-order valence-electron chi connectivity index (χ4n) is 1.97. The highest BCUT2D eigenvalue weighted by Gasteiger charge is 2.44. The second-order valence-corrected chi connectivity index (χ2v) is 3.83. The van der Waals surface area contributed by atoms with Gasteiger partial charge in [-0.3, -0.25) is 0 Å². The summed E-state index contributed by atoms with van der Waals surface area (Å²) in [7, 11) is 0. The van der Waals surface area contributed by atoms with E-state index in [-0.39, 0.29) is 5.41 Å². The first-order valence-corrected chi connectivity index (χ1v) is 4.76. The lowest BCUT2D eigenvalue weighted by Gasteiger charge is -2.04. The molecule has 2 aromatic rings. The van der Waals surface area contributed by atoms with E-state index < -0.39 is 0 Å². The van der Waals surface area contributed by atoms with E-state index in [1.165, 1.54) is 10.9 Å². The summed E-state index contributed by atoms with van der Waals surface area (Å²) in [6.45, 7) is 0. The van der Waals surface area contributed by atoms with E-state index in [9.17, 15) is 0 Å². The Morgan fingerprint density at radius 1 is 1.50 bits per heavy atom. The van der Waals surface area contributed by atoms with Crippen LogP contribution in [0, 0.1) is 12.3 Å². The second-order valence-electron chi connectivity index (χ2n) is 3.83. The van der Waals surface area contributed by atoms with E-state index in [0.29, 0.717) is 0 Å². The first kappa shape index (κ1) is 7.64. The molecule has 1 N–H and O–H groups in total. The van der Waals surface area contributed by atoms with Crippen LogP contribution in [0.15, 0.2) is 24.5 Å². The summed E-state index contributed by atoms with van der Waals surface area (Å²) in [6.07, 6.45) is 11.6. The number of nitrogens with zero attached hydrogens (tertiary/aromatic N) is 1. The summed E-state index contributed by atoms with van der Waals surface area (Å²) < 4.78 is 0. The van der Waals surface area contributed by atoms with Crippen molar-refractivity contribution in [2.24, 2.45) is 0 Å². The first-order chi connectivity index (χ1) is 6.86. The van der Waals surface area contributed by atoms with Crippen LogP contribution in [-0.4, -0.2) is 9.97 Å². The third kappa shape index (κ3) is 0.843. The quantitative estimate of drug-likeness (QED) is 0.673. The number of terminal acetylenes is 1. The highest BCUT2D eigenvalue weighted by molar-refractivity contribution is 5.82. The molecule has 2 aromatic heterocycles. The molecule has 1 aliphatic carbocycles. The molecule has 0 atom stereocenters. The maximum atomic E-state index is 5.57. The van der Waals surface area contributed by atoms with Gasteiger partial charge in [0.2, 0.25) is 0 Å². The van der Waals surface area contributed by atoms with Crippen molar-refractivity contribution in [3.63, 3.8) is 0 Å². The van der Waals surface area contributed by atoms with Crippen molar-refractivity contribution in [2.75, 3.05) is 0 Å². The molecule has 0 aliphatic heterocycles. The Morgan fingerprint density at radius 2 is 2.36 bits per heavy atom. The van der Waals surface area contributed by atoms with Gasteiger partial charge < -0.3 is 4.98 Å². The van der Waals surface area contributed by atoms with Gasteiger partial charge in [0.25, 0.3) is 0 Å². The molecular weight excluding hydrogens is 172 g/mol. The Kier molecular flexibility index (Phi) is 1.30. The SMILES string of the molecule is C#CC1(c2c[nH]c3ncccc23)CC1. The summed E-state index contributed by atoms with van der Waals surface area (Å²) in [4.78, 5) is 7.42. The van der Waals surface area contributed by atoms with Gasteiger partial charge in [0.15, 0.2) is 0 Å². The van der Waals surface area contributed by atoms with Gasteiger partial charge >= 0.3 is 0 Å². The Morgan fingerprint density at radius 3 is 3.07 bits per heavy atom. The number of pyridine rings is 1. The smallest absolute Gasteiger partial charge is 0.137 e. The average molecular weight is 182 g/mol. The molecule has 0 radical (unpaired) electrons. The van der Waals surface area contributed by atoms with Crippen LogP contribution in [0.25, 0.3) is 11.0 Å². The lowest BCUT2D eigenvalue weighted by atomic mass is 9.97. The predicted molar refractivity (Wildman–Crippen MR) is 55.8 cm³/mol. The van der Waals surface area contributed by atoms with Crippen molar-refractivity contribution < 1.29 is 0 Å². The molecule has 14 heavy (non-hydrogen) atoms. The predicted octanol–water partition coefficient (Wildman–Crippen LogP) is 2.23. The lowest BCUT2D eigenvalue weighted by Crippen LogP contribution is -2.00. The van der Waals surface area contributed by atoms with E-state index in [2.05, 4.69) is 22.0 Å². The van der Waals surface area contributed by atoms with Crippen LogP contribution in [0.2, 0.25) is 0 Å². The fraction of sp³-hybridized carbons (Fsp3) is 0.250. The lowest BCUT2D eigenvalue weighted by molar-refractivity contribution is 0.942. The van der Waals surface area contributed by atoms with Gasteiger partial charge in [0.1, 0.15) is 5.65 Å². The van der Waals surface area contributed by atoms with Gasteiger partial charge in [-0.05, 0) is 30.5 Å². The summed E-state index contributed by atoms with van der Waals surface area (Å²) >= 11 is 0. The monoisotopic (exact) mass is 182 g/mol. The third-order valence-electron chi connectivity index (χ3n) is 2.99. The maximum Gasteiger partial charge on any atom is 0.137 e. The number of fused-ring (bicyclic) bond motifs is 1. The van der Waals surface area contributed by atoms with Gasteiger partial charge in [0, 0.05) is 17.8 Å². The molecule has 0 amide bonds. The van der Waals surface area contributed by atoms with Crippen LogP contribution in [-0.2, 0) is 5.41 Å². The van der Waals surface area contributed by atoms with Gasteiger partial charge in [-0.25, -0.2) is 4.98 Å². The molecule has 1 aliphatic rings. The molecule has 3 rings (SSSR count). The van der Waals surface area contributed by atoms with Crippen molar-refractivity contribution in [3.05, 3.63) is 30.1 Å². The standard InChI is InChI=1S/C12H10N2/c1-2-12(5-6-12)10-8-14-11-9(10)4-3-7-13-11/h1,3-4,7-8H,5-6H2,(H,13,14). The fourth-order valence-corrected chi connectivity index (χ4v) is 1.97. The average Bonchev–Trinajstić information content (AvgIpc) is 2.91. The summed E-state index contributed by atoms with van der Waals surface area (Å²) in [5, 5.41) is 1.17. The normalized spacial score (nSPS) is 17.9. The van der Waals surface area contributed by atoms with Gasteiger partial charge in [-0.15, -0.1) is 6.42 Å². The largest absolute Gasteiger partial charge is 0.346 e. The molecule has 2 heteroatoms. The van der Waals surface area contributed by atoms with Crippen LogP contribution >= 0.6 is 0 Å². The van der Waals surface area contributed by atoms with E-state index in [0.717, 1.165) is 18.5 Å². The van der Waals surface area contributed by atoms with Crippen LogP contribution in [0.5, 0.6) is 0 Å². The van der Waals surface area contributed by atoms with Crippen LogP contribution < -0.4 is 0 Å². The van der Waals surface area contributed by atoms with E-state index in [1.54, 1.807) is 6.20 Å². The van der Waals surface area contributed by atoms with Crippen molar-refractivity contribution in [1.82, 2.24) is 9.97 Å². The van der Waals surface area contributed by atoms with Crippen LogP contribution in [0.4, 0.5) is 0 Å². The molecule has 0 spiro atoms. The number of hydrogen-bond donors (Lipinski definition) is 1. The van der Waals surface area contributed by atoms with Crippen molar-refractivity contribution >= 4 is 11.0 Å². The Hall–Kier alpha value is -1.75. The van der Waals surface area contributed by atoms with Gasteiger partial charge in [0.05, 0.1) is 5.41 Å². The molecule has 1 fully saturated rings. The van der Waals surface area contributed by atoms with Crippen LogP contribution in [0.1, 0.15) is 18.4 Å². The first-order valence-electron chi connectivity index (χ1n) is 4.76. The van der Waals surface area contributed by atoms with E-state index in [1.807, 2.05) is 12.3 Å². The molecule has 0 saturated heterocycles. The number of H-pyrrole nitrogens is 1. The molecule has 0 aromatic carbocycles. The molecular formula is C12H10N2. The van der Waals surface area contributed by atoms with Crippen molar-refractivity contribution in [2.45, 2.75) is 18.3 Å². The second kappa shape index (κ2) is 2.39. The minimum atomic E-state index is 0.00127.